The van der Waals surface area contributed by atoms with Crippen molar-refractivity contribution < 1.29 is 9.13 Å². The van der Waals surface area contributed by atoms with Gasteiger partial charge in [0.15, 0.2) is 0 Å². The SMILES string of the molecule is COc1cccc(F)c1C(Cc1c(C)cccc1C)NN. The van der Waals surface area contributed by atoms with E-state index < -0.39 is 0 Å². The Morgan fingerprint density at radius 2 is 1.76 bits per heavy atom. The number of nitrogens with two attached hydrogens (primary N) is 1. The predicted molar refractivity (Wildman–Crippen MR) is 82.6 cm³/mol. The van der Waals surface area contributed by atoms with Crippen LogP contribution in [0.4, 0.5) is 4.39 Å². The Bertz CT molecular complexity index is 608. The highest BCUT2D eigenvalue weighted by Crippen LogP contribution is 2.31. The van der Waals surface area contributed by atoms with Crippen molar-refractivity contribution in [1.29, 1.82) is 0 Å². The van der Waals surface area contributed by atoms with E-state index in [0.717, 1.165) is 0 Å². The number of ether oxygens (including phenoxy) is 1. The summed E-state index contributed by atoms with van der Waals surface area (Å²) in [5, 5.41) is 0. The standard InChI is InChI=1S/C17H21FN2O/c1-11-6-4-7-12(2)13(11)10-15(20-19)17-14(18)8-5-9-16(17)21-3/h4-9,15,20H,10,19H2,1-3H3. The molecule has 0 aromatic heterocycles. The van der Waals surface area contributed by atoms with Crippen molar-refractivity contribution in [2.24, 2.45) is 5.84 Å². The molecule has 2 aromatic rings. The van der Waals surface area contributed by atoms with Crippen molar-refractivity contribution in [1.82, 2.24) is 5.43 Å². The topological polar surface area (TPSA) is 47.3 Å². The summed E-state index contributed by atoms with van der Waals surface area (Å²) in [6, 6.07) is 10.6. The maximum atomic E-state index is 14.2. The van der Waals surface area contributed by atoms with Crippen molar-refractivity contribution in [3.63, 3.8) is 0 Å². The molecule has 0 radical (unpaired) electrons. The zero-order chi connectivity index (χ0) is 15.4. The van der Waals surface area contributed by atoms with E-state index in [2.05, 4.69) is 31.4 Å². The Hall–Kier alpha value is -1.91. The van der Waals surface area contributed by atoms with E-state index in [1.54, 1.807) is 12.1 Å². The highest BCUT2D eigenvalue weighted by molar-refractivity contribution is 5.40. The van der Waals surface area contributed by atoms with Crippen LogP contribution < -0.4 is 16.0 Å². The molecule has 1 atom stereocenters. The summed E-state index contributed by atoms with van der Waals surface area (Å²) in [5.74, 6) is 5.86. The molecule has 0 aliphatic carbocycles. The molecule has 0 spiro atoms. The molecular weight excluding hydrogens is 267 g/mol. The molecule has 0 saturated heterocycles. The molecule has 0 aliphatic rings. The van der Waals surface area contributed by atoms with E-state index in [4.69, 9.17) is 10.6 Å². The van der Waals surface area contributed by atoms with Crippen molar-refractivity contribution in [3.8, 4) is 5.75 Å². The molecule has 0 fully saturated rings. The first-order valence-corrected chi connectivity index (χ1v) is 6.92. The molecule has 4 heteroatoms. The summed E-state index contributed by atoms with van der Waals surface area (Å²) in [4.78, 5) is 0. The van der Waals surface area contributed by atoms with Gasteiger partial charge in [-0.3, -0.25) is 11.3 Å². The molecule has 1 unspecified atom stereocenters. The minimum Gasteiger partial charge on any atom is -0.496 e. The quantitative estimate of drug-likeness (QED) is 0.656. The third kappa shape index (κ3) is 3.23. The van der Waals surface area contributed by atoms with E-state index in [9.17, 15) is 4.39 Å². The molecule has 3 N–H and O–H groups in total. The molecule has 112 valence electrons. The number of halogens is 1. The van der Waals surface area contributed by atoms with E-state index in [1.807, 2.05) is 6.07 Å². The monoisotopic (exact) mass is 288 g/mol. The van der Waals surface area contributed by atoms with Gasteiger partial charge in [-0.25, -0.2) is 4.39 Å². The second kappa shape index (κ2) is 6.70. The van der Waals surface area contributed by atoms with Crippen LogP contribution in [0.5, 0.6) is 5.75 Å². The average molecular weight is 288 g/mol. The van der Waals surface area contributed by atoms with Gasteiger partial charge >= 0.3 is 0 Å². The van der Waals surface area contributed by atoms with E-state index in [0.29, 0.717) is 17.7 Å². The highest BCUT2D eigenvalue weighted by atomic mass is 19.1. The number of hydrogen-bond donors (Lipinski definition) is 2. The third-order valence-electron chi connectivity index (χ3n) is 3.84. The van der Waals surface area contributed by atoms with Crippen LogP contribution in [-0.4, -0.2) is 7.11 Å². The second-order valence-electron chi connectivity index (χ2n) is 5.15. The minimum atomic E-state index is -0.346. The Morgan fingerprint density at radius 1 is 1.14 bits per heavy atom. The van der Waals surface area contributed by atoms with Crippen LogP contribution in [0.2, 0.25) is 0 Å². The van der Waals surface area contributed by atoms with Gasteiger partial charge in [0, 0.05) is 5.56 Å². The van der Waals surface area contributed by atoms with Crippen LogP contribution in [0.15, 0.2) is 36.4 Å². The molecule has 0 amide bonds. The van der Waals surface area contributed by atoms with Gasteiger partial charge in [-0.05, 0) is 49.1 Å². The van der Waals surface area contributed by atoms with Gasteiger partial charge in [0.1, 0.15) is 11.6 Å². The predicted octanol–water partition coefficient (Wildman–Crippen LogP) is 3.20. The van der Waals surface area contributed by atoms with Gasteiger partial charge in [-0.1, -0.05) is 24.3 Å². The molecule has 0 aliphatic heterocycles. The zero-order valence-corrected chi connectivity index (χ0v) is 12.6. The first-order chi connectivity index (χ1) is 10.1. The van der Waals surface area contributed by atoms with Crippen molar-refractivity contribution >= 4 is 0 Å². The Balaban J connectivity index is 2.42. The smallest absolute Gasteiger partial charge is 0.131 e. The summed E-state index contributed by atoms with van der Waals surface area (Å²) in [5.41, 5.74) is 6.70. The number of methoxy groups -OCH3 is 1. The number of rotatable bonds is 5. The van der Waals surface area contributed by atoms with Crippen molar-refractivity contribution in [3.05, 3.63) is 64.5 Å². The van der Waals surface area contributed by atoms with Crippen LogP contribution in [0, 0.1) is 19.7 Å². The largest absolute Gasteiger partial charge is 0.496 e. The van der Waals surface area contributed by atoms with Crippen LogP contribution in [-0.2, 0) is 6.42 Å². The maximum absolute atomic E-state index is 14.2. The van der Waals surface area contributed by atoms with Gasteiger partial charge in [-0.15, -0.1) is 0 Å². The van der Waals surface area contributed by atoms with Gasteiger partial charge in [0.05, 0.1) is 13.2 Å². The molecule has 3 nitrogen and oxygen atoms in total. The number of hydrazine groups is 1. The molecule has 0 heterocycles. The zero-order valence-electron chi connectivity index (χ0n) is 12.6. The highest BCUT2D eigenvalue weighted by Gasteiger charge is 2.21. The van der Waals surface area contributed by atoms with Gasteiger partial charge in [0.25, 0.3) is 0 Å². The summed E-state index contributed by atoms with van der Waals surface area (Å²) >= 11 is 0. The number of benzene rings is 2. The van der Waals surface area contributed by atoms with Gasteiger partial charge in [-0.2, -0.15) is 0 Å². The third-order valence-corrected chi connectivity index (χ3v) is 3.84. The lowest BCUT2D eigenvalue weighted by molar-refractivity contribution is 0.390. The molecule has 2 rings (SSSR count). The van der Waals surface area contributed by atoms with Crippen LogP contribution in [0.1, 0.15) is 28.3 Å². The molecule has 21 heavy (non-hydrogen) atoms. The maximum Gasteiger partial charge on any atom is 0.131 e. The molecular formula is C17H21FN2O. The van der Waals surface area contributed by atoms with E-state index >= 15 is 0 Å². The summed E-state index contributed by atoms with van der Waals surface area (Å²) in [6.45, 7) is 4.10. The Labute approximate surface area is 124 Å². The van der Waals surface area contributed by atoms with Gasteiger partial charge < -0.3 is 4.74 Å². The number of hydrogen-bond acceptors (Lipinski definition) is 3. The van der Waals surface area contributed by atoms with Crippen LogP contribution in [0.25, 0.3) is 0 Å². The summed E-state index contributed by atoms with van der Waals surface area (Å²) < 4.78 is 19.5. The summed E-state index contributed by atoms with van der Waals surface area (Å²) in [6.07, 6.45) is 0.603. The number of aryl methyl sites for hydroxylation is 2. The van der Waals surface area contributed by atoms with E-state index in [-0.39, 0.29) is 11.9 Å². The molecule has 2 aromatic carbocycles. The van der Waals surface area contributed by atoms with Gasteiger partial charge in [0.2, 0.25) is 0 Å². The lowest BCUT2D eigenvalue weighted by Gasteiger charge is -2.21. The first-order valence-electron chi connectivity index (χ1n) is 6.92. The first kappa shape index (κ1) is 15.5. The normalized spacial score (nSPS) is 12.2. The number of nitrogens with one attached hydrogen (secondary N) is 1. The Morgan fingerprint density at radius 3 is 2.33 bits per heavy atom. The van der Waals surface area contributed by atoms with Crippen LogP contribution >= 0.6 is 0 Å². The fourth-order valence-electron chi connectivity index (χ4n) is 2.65. The lowest BCUT2D eigenvalue weighted by atomic mass is 9.92. The fraction of sp³-hybridized carbons (Fsp3) is 0.294. The molecule has 0 saturated carbocycles. The van der Waals surface area contributed by atoms with Crippen molar-refractivity contribution in [2.45, 2.75) is 26.3 Å². The minimum absolute atomic E-state index is 0.316. The van der Waals surface area contributed by atoms with Crippen molar-refractivity contribution in [2.75, 3.05) is 7.11 Å². The van der Waals surface area contributed by atoms with E-state index in [1.165, 1.54) is 29.9 Å². The summed E-state index contributed by atoms with van der Waals surface area (Å²) in [7, 11) is 1.53. The molecule has 0 bridgehead atoms. The fourth-order valence-corrected chi connectivity index (χ4v) is 2.65. The van der Waals surface area contributed by atoms with Crippen LogP contribution in [0.3, 0.4) is 0 Å². The lowest BCUT2D eigenvalue weighted by Crippen LogP contribution is -2.31. The Kier molecular flexibility index (Phi) is 4.94. The average Bonchev–Trinajstić information content (AvgIpc) is 2.47. The second-order valence-corrected chi connectivity index (χ2v) is 5.15.